The molecule has 0 spiro atoms. The van der Waals surface area contributed by atoms with Gasteiger partial charge in [-0.15, -0.1) is 0 Å². The van der Waals surface area contributed by atoms with Gasteiger partial charge >= 0.3 is 0 Å². The highest BCUT2D eigenvalue weighted by Gasteiger charge is 2.18. The van der Waals surface area contributed by atoms with E-state index in [1.54, 1.807) is 6.20 Å². The van der Waals surface area contributed by atoms with Crippen molar-refractivity contribution in [3.05, 3.63) is 79.0 Å². The van der Waals surface area contributed by atoms with E-state index in [9.17, 15) is 4.79 Å². The van der Waals surface area contributed by atoms with E-state index >= 15 is 0 Å². The summed E-state index contributed by atoms with van der Waals surface area (Å²) in [5.74, 6) is 1.55. The smallest absolute Gasteiger partial charge is 0.227 e. The highest BCUT2D eigenvalue weighted by molar-refractivity contribution is 5.88. The number of nitrogens with zero attached hydrogens (tertiary/aromatic N) is 6. The molecule has 0 unspecified atom stereocenters. The van der Waals surface area contributed by atoms with Gasteiger partial charge in [0.25, 0.3) is 0 Å². The molecule has 0 aliphatic carbocycles. The fourth-order valence-corrected chi connectivity index (χ4v) is 4.30. The molecule has 2 aromatic carbocycles. The molecule has 9 heteroatoms. The second-order valence-corrected chi connectivity index (χ2v) is 8.91. The number of carbonyl (C=O) groups excluding carboxylic acids is 1. The van der Waals surface area contributed by atoms with Crippen LogP contribution in [0.2, 0.25) is 0 Å². The topological polar surface area (TPSA) is 91.2 Å². The van der Waals surface area contributed by atoms with Gasteiger partial charge in [0, 0.05) is 81.4 Å². The maximum absolute atomic E-state index is 11.2. The van der Waals surface area contributed by atoms with Gasteiger partial charge < -0.3 is 20.1 Å². The SMILES string of the molecule is CC(=O)Nc1ccc(-c2ccnc(Nc3ccc(N4CCN(Cc5nccn5C)CC4)cc3)n2)cc1. The number of nitrogens with one attached hydrogen (secondary N) is 2. The number of piperazine rings is 1. The number of benzene rings is 2. The van der Waals surface area contributed by atoms with Gasteiger partial charge in [0.05, 0.1) is 12.2 Å². The van der Waals surface area contributed by atoms with Crippen LogP contribution in [-0.4, -0.2) is 56.5 Å². The summed E-state index contributed by atoms with van der Waals surface area (Å²) in [4.78, 5) is 29.6. The summed E-state index contributed by atoms with van der Waals surface area (Å²) in [5, 5.41) is 6.08. The molecule has 1 amide bonds. The van der Waals surface area contributed by atoms with Gasteiger partial charge in [0.1, 0.15) is 5.82 Å². The minimum absolute atomic E-state index is 0.0925. The number of rotatable bonds is 7. The summed E-state index contributed by atoms with van der Waals surface area (Å²) in [6.07, 6.45) is 5.59. The van der Waals surface area contributed by atoms with Gasteiger partial charge in [-0.1, -0.05) is 12.1 Å². The van der Waals surface area contributed by atoms with Crippen LogP contribution >= 0.6 is 0 Å². The predicted octanol–water partition coefficient (Wildman–Crippen LogP) is 3.90. The molecule has 2 N–H and O–H groups in total. The Kier molecular flexibility index (Phi) is 6.90. The molecule has 5 rings (SSSR count). The van der Waals surface area contributed by atoms with Crippen molar-refractivity contribution >= 4 is 28.9 Å². The molecule has 3 heterocycles. The first-order valence-electron chi connectivity index (χ1n) is 12.1. The van der Waals surface area contributed by atoms with Gasteiger partial charge in [-0.05, 0) is 42.5 Å². The summed E-state index contributed by atoms with van der Waals surface area (Å²) in [5.41, 5.74) is 4.67. The Morgan fingerprint density at radius 3 is 2.28 bits per heavy atom. The minimum atomic E-state index is -0.0925. The third-order valence-corrected chi connectivity index (χ3v) is 6.30. The van der Waals surface area contributed by atoms with Gasteiger partial charge in [-0.2, -0.15) is 0 Å². The van der Waals surface area contributed by atoms with E-state index in [0.29, 0.717) is 5.95 Å². The van der Waals surface area contributed by atoms with Crippen molar-refractivity contribution in [2.75, 3.05) is 41.7 Å². The molecular weight excluding hydrogens is 452 g/mol. The number of hydrogen-bond acceptors (Lipinski definition) is 7. The monoisotopic (exact) mass is 482 g/mol. The Morgan fingerprint density at radius 2 is 1.61 bits per heavy atom. The molecule has 1 aliphatic heterocycles. The Balaban J connectivity index is 1.18. The third-order valence-electron chi connectivity index (χ3n) is 6.30. The van der Waals surface area contributed by atoms with Gasteiger partial charge in [0.15, 0.2) is 0 Å². The quantitative estimate of drug-likeness (QED) is 0.413. The first-order valence-corrected chi connectivity index (χ1v) is 12.1. The lowest BCUT2D eigenvalue weighted by atomic mass is 10.1. The standard InChI is InChI=1S/C27H30N8O/c1-20(36)30-22-5-3-21(4-6-22)25-11-12-29-27(32-25)31-23-7-9-24(10-8-23)35-17-15-34(16-18-35)19-26-28-13-14-33(26)2/h3-14H,15-19H2,1-2H3,(H,30,36)(H,29,31,32). The average molecular weight is 483 g/mol. The van der Waals surface area contributed by atoms with Crippen molar-refractivity contribution in [3.8, 4) is 11.3 Å². The van der Waals surface area contributed by atoms with Crippen LogP contribution in [0.25, 0.3) is 11.3 Å². The zero-order valence-corrected chi connectivity index (χ0v) is 20.6. The van der Waals surface area contributed by atoms with E-state index in [0.717, 1.165) is 61.2 Å². The number of carbonyl (C=O) groups is 1. The number of imidazole rings is 1. The predicted molar refractivity (Wildman–Crippen MR) is 142 cm³/mol. The zero-order chi connectivity index (χ0) is 24.9. The van der Waals surface area contributed by atoms with Crippen molar-refractivity contribution in [2.45, 2.75) is 13.5 Å². The second-order valence-electron chi connectivity index (χ2n) is 8.91. The number of anilines is 4. The molecule has 1 aliphatic rings. The highest BCUT2D eigenvalue weighted by Crippen LogP contribution is 2.24. The molecule has 36 heavy (non-hydrogen) atoms. The van der Waals surface area contributed by atoms with Crippen LogP contribution in [0.1, 0.15) is 12.7 Å². The molecule has 9 nitrogen and oxygen atoms in total. The van der Waals surface area contributed by atoms with Crippen LogP contribution in [0.5, 0.6) is 0 Å². The van der Waals surface area contributed by atoms with E-state index in [-0.39, 0.29) is 5.91 Å². The van der Waals surface area contributed by atoms with Crippen molar-refractivity contribution in [1.29, 1.82) is 0 Å². The molecule has 0 atom stereocenters. The summed E-state index contributed by atoms with van der Waals surface area (Å²) < 4.78 is 2.08. The van der Waals surface area contributed by atoms with Crippen LogP contribution in [0.3, 0.4) is 0 Å². The summed E-state index contributed by atoms with van der Waals surface area (Å²) >= 11 is 0. The fourth-order valence-electron chi connectivity index (χ4n) is 4.30. The molecule has 0 saturated carbocycles. The lowest BCUT2D eigenvalue weighted by molar-refractivity contribution is -0.114. The number of hydrogen-bond donors (Lipinski definition) is 2. The zero-order valence-electron chi connectivity index (χ0n) is 20.6. The molecule has 1 saturated heterocycles. The summed E-state index contributed by atoms with van der Waals surface area (Å²) in [7, 11) is 2.04. The van der Waals surface area contributed by atoms with Crippen LogP contribution in [0.15, 0.2) is 73.2 Å². The van der Waals surface area contributed by atoms with Crippen LogP contribution in [-0.2, 0) is 18.4 Å². The molecule has 0 radical (unpaired) electrons. The lowest BCUT2D eigenvalue weighted by Gasteiger charge is -2.36. The number of aryl methyl sites for hydroxylation is 1. The maximum atomic E-state index is 11.2. The van der Waals surface area contributed by atoms with Crippen LogP contribution in [0.4, 0.5) is 23.0 Å². The number of amides is 1. The fraction of sp³-hybridized carbons (Fsp3) is 0.259. The Bertz CT molecular complexity index is 1310. The second kappa shape index (κ2) is 10.6. The van der Waals surface area contributed by atoms with Gasteiger partial charge in [0.2, 0.25) is 11.9 Å². The minimum Gasteiger partial charge on any atom is -0.369 e. The summed E-state index contributed by atoms with van der Waals surface area (Å²) in [6, 6.07) is 17.9. The summed E-state index contributed by atoms with van der Waals surface area (Å²) in [6.45, 7) is 6.39. The Hall–Kier alpha value is -4.24. The molecule has 4 aromatic rings. The van der Waals surface area contributed by atoms with E-state index < -0.39 is 0 Å². The van der Waals surface area contributed by atoms with E-state index in [2.05, 4.69) is 64.2 Å². The molecule has 1 fully saturated rings. The molecular formula is C27H30N8O. The van der Waals surface area contributed by atoms with Crippen LogP contribution in [0, 0.1) is 0 Å². The average Bonchev–Trinajstić information content (AvgIpc) is 3.29. The van der Waals surface area contributed by atoms with Gasteiger partial charge in [-0.25, -0.2) is 15.0 Å². The Labute approximate surface area is 210 Å². The van der Waals surface area contributed by atoms with Crippen molar-refractivity contribution < 1.29 is 4.79 Å². The van der Waals surface area contributed by atoms with Crippen molar-refractivity contribution in [2.24, 2.45) is 7.05 Å². The van der Waals surface area contributed by atoms with E-state index in [1.807, 2.05) is 49.8 Å². The van der Waals surface area contributed by atoms with Crippen molar-refractivity contribution in [1.82, 2.24) is 24.4 Å². The van der Waals surface area contributed by atoms with Crippen LogP contribution < -0.4 is 15.5 Å². The molecule has 2 aromatic heterocycles. The normalized spacial score (nSPS) is 14.0. The lowest BCUT2D eigenvalue weighted by Crippen LogP contribution is -2.46. The van der Waals surface area contributed by atoms with Crippen molar-refractivity contribution in [3.63, 3.8) is 0 Å². The van der Waals surface area contributed by atoms with E-state index in [4.69, 9.17) is 0 Å². The largest absolute Gasteiger partial charge is 0.369 e. The third kappa shape index (κ3) is 5.69. The Morgan fingerprint density at radius 1 is 0.889 bits per heavy atom. The maximum Gasteiger partial charge on any atom is 0.227 e. The highest BCUT2D eigenvalue weighted by atomic mass is 16.1. The van der Waals surface area contributed by atoms with E-state index in [1.165, 1.54) is 12.6 Å². The molecule has 184 valence electrons. The first kappa shape index (κ1) is 23.5. The first-order chi connectivity index (χ1) is 17.5. The molecule has 0 bridgehead atoms. The van der Waals surface area contributed by atoms with Gasteiger partial charge in [-0.3, -0.25) is 9.69 Å². The number of aromatic nitrogens is 4.